The van der Waals surface area contributed by atoms with E-state index in [1.165, 1.54) is 11.7 Å². The van der Waals surface area contributed by atoms with E-state index in [0.717, 1.165) is 24.5 Å². The second-order valence-corrected chi connectivity index (χ2v) is 6.96. The lowest BCUT2D eigenvalue weighted by Gasteiger charge is -2.09. The molecule has 0 saturated carbocycles. The number of alkyl halides is 3. The van der Waals surface area contributed by atoms with Crippen LogP contribution in [-0.4, -0.2) is 19.7 Å². The van der Waals surface area contributed by atoms with Gasteiger partial charge < -0.3 is 0 Å². The minimum Gasteiger partial charge on any atom is -0.267 e. The van der Waals surface area contributed by atoms with Gasteiger partial charge in [-0.25, -0.2) is 0 Å². The van der Waals surface area contributed by atoms with Gasteiger partial charge in [-0.2, -0.15) is 18.3 Å². The first-order valence-electron chi connectivity index (χ1n) is 7.34. The van der Waals surface area contributed by atoms with Crippen LogP contribution in [0.3, 0.4) is 0 Å². The summed E-state index contributed by atoms with van der Waals surface area (Å²) in [5.41, 5.74) is 0.887. The van der Waals surface area contributed by atoms with E-state index in [4.69, 9.17) is 0 Å². The second-order valence-electron chi connectivity index (χ2n) is 5.42. The van der Waals surface area contributed by atoms with Gasteiger partial charge in [0.25, 0.3) is 0 Å². The topological polar surface area (TPSA) is 34.9 Å². The summed E-state index contributed by atoms with van der Waals surface area (Å²) in [7, 11) is 0.323. The Morgan fingerprint density at radius 3 is 2.52 bits per heavy atom. The fraction of sp³-hybridized carbons (Fsp3) is 0.438. The number of aromatic nitrogens is 2. The number of nitrogens with zero attached hydrogens (tertiary/aromatic N) is 2. The molecule has 1 unspecified atom stereocenters. The lowest BCUT2D eigenvalue weighted by molar-refractivity contribution is -0.141. The van der Waals surface area contributed by atoms with Gasteiger partial charge in [-0.1, -0.05) is 25.5 Å². The predicted molar refractivity (Wildman–Crippen MR) is 84.6 cm³/mol. The van der Waals surface area contributed by atoms with Gasteiger partial charge in [0.15, 0.2) is 5.69 Å². The maximum atomic E-state index is 12.8. The van der Waals surface area contributed by atoms with Crippen LogP contribution < -0.4 is 0 Å². The van der Waals surface area contributed by atoms with Gasteiger partial charge in [0.1, 0.15) is 0 Å². The third-order valence-electron chi connectivity index (χ3n) is 3.58. The smallest absolute Gasteiger partial charge is 0.267 e. The Labute approximate surface area is 136 Å². The number of unbranched alkanes of at least 4 members (excludes halogenated alkanes) is 1. The van der Waals surface area contributed by atoms with Crippen molar-refractivity contribution in [2.45, 2.75) is 37.8 Å². The van der Waals surface area contributed by atoms with E-state index in [0.29, 0.717) is 21.9 Å². The zero-order chi connectivity index (χ0) is 17.2. The molecule has 2 rings (SSSR count). The molecule has 0 aliphatic rings. The van der Waals surface area contributed by atoms with Crippen LogP contribution in [0.2, 0.25) is 0 Å². The molecular weight excluding hydrogens is 325 g/mol. The largest absolute Gasteiger partial charge is 0.435 e. The maximum Gasteiger partial charge on any atom is 0.435 e. The number of rotatable bonds is 5. The van der Waals surface area contributed by atoms with E-state index in [2.05, 4.69) is 5.10 Å². The molecule has 0 saturated heterocycles. The van der Waals surface area contributed by atoms with Crippen LogP contribution in [0, 0.1) is 6.92 Å². The van der Waals surface area contributed by atoms with Crippen molar-refractivity contribution in [1.82, 2.24) is 9.78 Å². The van der Waals surface area contributed by atoms with Gasteiger partial charge in [-0.3, -0.25) is 8.89 Å². The number of halogens is 3. The maximum absolute atomic E-state index is 12.8. The van der Waals surface area contributed by atoms with Crippen LogP contribution in [0.15, 0.2) is 29.2 Å². The summed E-state index contributed by atoms with van der Waals surface area (Å²) in [4.78, 5) is 0.672. The Morgan fingerprint density at radius 1 is 1.26 bits per heavy atom. The molecule has 1 aromatic carbocycles. The van der Waals surface area contributed by atoms with Crippen LogP contribution in [0.25, 0.3) is 11.3 Å². The monoisotopic (exact) mass is 344 g/mol. The van der Waals surface area contributed by atoms with Crippen LogP contribution in [0.4, 0.5) is 13.2 Å². The van der Waals surface area contributed by atoms with Crippen molar-refractivity contribution in [3.8, 4) is 11.3 Å². The first kappa shape index (κ1) is 17.7. The zero-order valence-electron chi connectivity index (χ0n) is 13.3. The van der Waals surface area contributed by atoms with Crippen molar-refractivity contribution in [2.24, 2.45) is 7.05 Å². The highest BCUT2D eigenvalue weighted by atomic mass is 32.2. The molecule has 1 aromatic heterocycles. The van der Waals surface area contributed by atoms with Crippen LogP contribution in [-0.2, 0) is 24.0 Å². The third kappa shape index (κ3) is 4.02. The van der Waals surface area contributed by atoms with Crippen molar-refractivity contribution in [3.05, 3.63) is 35.5 Å². The first-order valence-corrected chi connectivity index (χ1v) is 8.66. The van der Waals surface area contributed by atoms with E-state index in [9.17, 15) is 17.4 Å². The quantitative estimate of drug-likeness (QED) is 0.809. The fourth-order valence-electron chi connectivity index (χ4n) is 2.27. The molecule has 2 aromatic rings. The minimum atomic E-state index is -4.48. The molecule has 0 N–H and O–H groups in total. The van der Waals surface area contributed by atoms with E-state index < -0.39 is 22.7 Å². The van der Waals surface area contributed by atoms with Gasteiger partial charge in [0.2, 0.25) is 0 Å². The van der Waals surface area contributed by atoms with E-state index >= 15 is 0 Å². The molecule has 0 aliphatic carbocycles. The second kappa shape index (κ2) is 6.86. The van der Waals surface area contributed by atoms with Gasteiger partial charge in [-0.15, -0.1) is 0 Å². The van der Waals surface area contributed by atoms with Crippen molar-refractivity contribution in [2.75, 3.05) is 5.75 Å². The molecule has 1 heterocycles. The average Bonchev–Trinajstić information content (AvgIpc) is 2.87. The lowest BCUT2D eigenvalue weighted by atomic mass is 10.1. The molecule has 0 fully saturated rings. The molecule has 1 atom stereocenters. The Bertz CT molecular complexity index is 723. The molecule has 0 bridgehead atoms. The van der Waals surface area contributed by atoms with Gasteiger partial charge in [0.05, 0.1) is 16.5 Å². The fourth-order valence-corrected chi connectivity index (χ4v) is 3.72. The van der Waals surface area contributed by atoms with E-state index in [1.54, 1.807) is 18.2 Å². The number of hydrogen-bond donors (Lipinski definition) is 0. The third-order valence-corrected chi connectivity index (χ3v) is 5.17. The van der Waals surface area contributed by atoms with Gasteiger partial charge in [-0.05, 0) is 31.0 Å². The predicted octanol–water partition coefficient (Wildman–Crippen LogP) is 4.32. The average molecular weight is 344 g/mol. The van der Waals surface area contributed by atoms with Gasteiger partial charge >= 0.3 is 6.18 Å². The van der Waals surface area contributed by atoms with Gasteiger partial charge in [0, 0.05) is 23.3 Å². The molecular formula is C16H19F3N2OS. The highest BCUT2D eigenvalue weighted by Crippen LogP contribution is 2.32. The van der Waals surface area contributed by atoms with Crippen molar-refractivity contribution in [1.29, 1.82) is 0 Å². The Balaban J connectivity index is 2.42. The number of benzene rings is 1. The SMILES string of the molecule is CCCCS(=O)c1cc(-c2cc(C(F)(F)F)nn2C)ccc1C. The summed E-state index contributed by atoms with van der Waals surface area (Å²) < 4.78 is 51.9. The van der Waals surface area contributed by atoms with E-state index in [1.807, 2.05) is 13.8 Å². The highest BCUT2D eigenvalue weighted by molar-refractivity contribution is 7.85. The van der Waals surface area contributed by atoms with Crippen molar-refractivity contribution in [3.63, 3.8) is 0 Å². The van der Waals surface area contributed by atoms with Crippen molar-refractivity contribution >= 4 is 10.8 Å². The summed E-state index contributed by atoms with van der Waals surface area (Å²) >= 11 is 0. The van der Waals surface area contributed by atoms with E-state index in [-0.39, 0.29) is 0 Å². The molecule has 0 aliphatic heterocycles. The number of aryl methyl sites for hydroxylation is 2. The molecule has 0 amide bonds. The standard InChI is InChI=1S/C16H19F3N2OS/c1-4-5-8-23(22)14-9-12(7-6-11(14)2)13-10-15(16(17,18)19)20-21(13)3/h6-7,9-10H,4-5,8H2,1-3H3. The summed E-state index contributed by atoms with van der Waals surface area (Å²) in [5.74, 6) is 0.556. The summed E-state index contributed by atoms with van der Waals surface area (Å²) in [6.07, 6.45) is -2.69. The Morgan fingerprint density at radius 2 is 1.96 bits per heavy atom. The Hall–Kier alpha value is -1.63. The first-order chi connectivity index (χ1) is 10.7. The van der Waals surface area contributed by atoms with Crippen molar-refractivity contribution < 1.29 is 17.4 Å². The minimum absolute atomic E-state index is 0.353. The highest BCUT2D eigenvalue weighted by Gasteiger charge is 2.34. The molecule has 0 spiro atoms. The lowest BCUT2D eigenvalue weighted by Crippen LogP contribution is -2.06. The van der Waals surface area contributed by atoms with Crippen LogP contribution in [0.1, 0.15) is 31.0 Å². The van der Waals surface area contributed by atoms with Crippen LogP contribution >= 0.6 is 0 Å². The molecule has 7 heteroatoms. The number of hydrogen-bond acceptors (Lipinski definition) is 2. The summed E-state index contributed by atoms with van der Waals surface area (Å²) in [6, 6.07) is 6.24. The summed E-state index contributed by atoms with van der Waals surface area (Å²) in [5, 5.41) is 3.52. The zero-order valence-corrected chi connectivity index (χ0v) is 14.1. The molecule has 23 heavy (non-hydrogen) atoms. The Kier molecular flexibility index (Phi) is 5.29. The molecule has 0 radical (unpaired) electrons. The molecule has 3 nitrogen and oxygen atoms in total. The van der Waals surface area contributed by atoms with Crippen LogP contribution in [0.5, 0.6) is 0 Å². The normalized spacial score (nSPS) is 13.3. The molecule has 126 valence electrons. The summed E-state index contributed by atoms with van der Waals surface area (Å²) in [6.45, 7) is 3.88.